The van der Waals surface area contributed by atoms with E-state index in [1.165, 1.54) is 4.90 Å². The van der Waals surface area contributed by atoms with E-state index in [4.69, 9.17) is 23.2 Å². The zero-order chi connectivity index (χ0) is 27.5. The normalized spacial score (nSPS) is 26.3. The van der Waals surface area contributed by atoms with Crippen LogP contribution in [0.25, 0.3) is 0 Å². The van der Waals surface area contributed by atoms with Gasteiger partial charge in [-0.25, -0.2) is 0 Å². The third-order valence-electron chi connectivity index (χ3n) is 8.62. The van der Waals surface area contributed by atoms with Gasteiger partial charge >= 0.3 is 0 Å². The van der Waals surface area contributed by atoms with Gasteiger partial charge in [0.1, 0.15) is 9.75 Å². The van der Waals surface area contributed by atoms with Gasteiger partial charge < -0.3 is 5.32 Å². The van der Waals surface area contributed by atoms with E-state index in [9.17, 15) is 14.4 Å². The number of likely N-dealkylation sites (tertiary alicyclic amines) is 1. The number of carbonyl (C=O) groups excluding carboxylic acids is 3. The van der Waals surface area contributed by atoms with E-state index < -0.39 is 21.6 Å². The molecule has 7 rings (SSSR count). The van der Waals surface area contributed by atoms with Crippen LogP contribution in [0.5, 0.6) is 0 Å². The van der Waals surface area contributed by atoms with Gasteiger partial charge in [0.2, 0.25) is 17.7 Å². The highest BCUT2D eigenvalue weighted by molar-refractivity contribution is 6.36. The fourth-order valence-corrected chi connectivity index (χ4v) is 7.94. The minimum atomic E-state index is -1.15. The Kier molecular flexibility index (Phi) is 6.35. The van der Waals surface area contributed by atoms with Gasteiger partial charge in [0.25, 0.3) is 0 Å². The van der Waals surface area contributed by atoms with E-state index in [0.29, 0.717) is 25.7 Å². The lowest BCUT2D eigenvalue weighted by Crippen LogP contribution is -2.57. The smallest absolute Gasteiger partial charge is 0.235 e. The molecule has 4 aliphatic rings. The summed E-state index contributed by atoms with van der Waals surface area (Å²) in [5, 5.41) is 2.97. The molecular weight excluding hydrogens is 531 g/mol. The first kappa shape index (κ1) is 26.1. The molecule has 3 aliphatic carbocycles. The number of anilines is 1. The van der Waals surface area contributed by atoms with Crippen molar-refractivity contribution in [2.45, 2.75) is 49.3 Å². The van der Waals surface area contributed by atoms with Gasteiger partial charge in [-0.15, -0.1) is 23.2 Å². The molecule has 0 spiro atoms. The highest BCUT2D eigenvalue weighted by Crippen LogP contribution is 2.69. The number of alkyl halides is 2. The second-order valence-corrected chi connectivity index (χ2v) is 12.2. The summed E-state index contributed by atoms with van der Waals surface area (Å²) in [4.78, 5) is 39.2. The van der Waals surface area contributed by atoms with Crippen molar-refractivity contribution in [1.82, 2.24) is 4.90 Å². The molecule has 2 bridgehead atoms. The molecule has 1 N–H and O–H groups in total. The second-order valence-electron chi connectivity index (χ2n) is 11.0. The first-order chi connectivity index (χ1) is 18.7. The van der Waals surface area contributed by atoms with Gasteiger partial charge in [-0.3, -0.25) is 19.3 Å². The number of carbonyl (C=O) groups is 3. The Balaban J connectivity index is 1.15. The first-order valence-electron chi connectivity index (χ1n) is 13.5. The van der Waals surface area contributed by atoms with E-state index in [-0.39, 0.29) is 24.3 Å². The molecule has 7 heteroatoms. The number of aryl methyl sites for hydroxylation is 2. The molecule has 39 heavy (non-hydrogen) atoms. The van der Waals surface area contributed by atoms with Crippen LogP contribution in [-0.2, 0) is 24.1 Å². The Labute approximate surface area is 238 Å². The summed E-state index contributed by atoms with van der Waals surface area (Å²) in [5.74, 6) is -2.10. The molecule has 1 saturated heterocycles. The van der Waals surface area contributed by atoms with Crippen molar-refractivity contribution >= 4 is 46.6 Å². The zero-order valence-electron chi connectivity index (χ0n) is 22.0. The Morgan fingerprint density at radius 1 is 0.795 bits per heavy atom. The molecule has 1 heterocycles. The monoisotopic (exact) mass is 560 g/mol. The fraction of sp³-hybridized carbons (Fsp3) is 0.344. The standard InChI is InChI=1S/C32H30Cl2N2O3/c1-19-15-16-25(20(2)18-19)35-26(37)14-4-3-9-17-36-29(38)27-28(30(36)39)32(34)22-11-6-5-10-21(22)31(27,33)23-12-7-8-13-24(23)32/h5-8,10-13,15-16,18,27-28H,3-4,9,14,17H2,1-2H3,(H,35,37)/t27-,28+,31?,32?. The fourth-order valence-electron chi connectivity index (χ4n) is 6.84. The topological polar surface area (TPSA) is 66.5 Å². The van der Waals surface area contributed by atoms with Crippen LogP contribution in [0.15, 0.2) is 66.7 Å². The second kappa shape index (κ2) is 9.50. The predicted octanol–water partition coefficient (Wildman–Crippen LogP) is 6.40. The number of nitrogens with zero attached hydrogens (tertiary/aromatic N) is 1. The number of nitrogens with one attached hydrogen (secondary N) is 1. The SMILES string of the molecule is Cc1ccc(NC(=O)CCCCCN2C(=O)[C@@H]3[C@H](C2=O)C2(Cl)c4ccccc4C3(Cl)c3ccccc32)c(C)c1. The molecular formula is C32H30Cl2N2O3. The summed E-state index contributed by atoms with van der Waals surface area (Å²) in [6, 6.07) is 21.2. The van der Waals surface area contributed by atoms with Crippen LogP contribution in [0, 0.1) is 25.7 Å². The zero-order valence-corrected chi connectivity index (χ0v) is 23.5. The molecule has 5 nitrogen and oxygen atoms in total. The molecule has 200 valence electrons. The molecule has 2 atom stereocenters. The largest absolute Gasteiger partial charge is 0.326 e. The number of amides is 3. The lowest BCUT2D eigenvalue weighted by molar-refractivity contribution is -0.140. The van der Waals surface area contributed by atoms with E-state index in [2.05, 4.69) is 5.32 Å². The molecule has 0 aromatic heterocycles. The van der Waals surface area contributed by atoms with Crippen molar-refractivity contribution in [3.05, 3.63) is 100 Å². The summed E-state index contributed by atoms with van der Waals surface area (Å²) in [6.07, 6.45) is 2.36. The molecule has 1 fully saturated rings. The van der Waals surface area contributed by atoms with E-state index in [0.717, 1.165) is 39.1 Å². The number of imide groups is 1. The van der Waals surface area contributed by atoms with Gasteiger partial charge in [-0.2, -0.15) is 0 Å². The van der Waals surface area contributed by atoms with Gasteiger partial charge in [0.05, 0.1) is 11.8 Å². The molecule has 0 saturated carbocycles. The maximum atomic E-state index is 13.8. The molecule has 0 unspecified atom stereocenters. The van der Waals surface area contributed by atoms with Crippen molar-refractivity contribution in [2.24, 2.45) is 11.8 Å². The highest BCUT2D eigenvalue weighted by atomic mass is 35.5. The molecule has 3 aromatic carbocycles. The Hall–Kier alpha value is -3.15. The third-order valence-corrected chi connectivity index (χ3v) is 9.90. The molecule has 1 aliphatic heterocycles. The molecule has 0 radical (unpaired) electrons. The Bertz CT molecular complexity index is 1400. The van der Waals surface area contributed by atoms with Crippen LogP contribution < -0.4 is 5.32 Å². The van der Waals surface area contributed by atoms with Crippen molar-refractivity contribution in [3.63, 3.8) is 0 Å². The van der Waals surface area contributed by atoms with Crippen molar-refractivity contribution in [1.29, 1.82) is 0 Å². The summed E-state index contributed by atoms with van der Waals surface area (Å²) in [5.41, 5.74) is 6.22. The van der Waals surface area contributed by atoms with Crippen LogP contribution in [0.3, 0.4) is 0 Å². The summed E-state index contributed by atoms with van der Waals surface area (Å²) >= 11 is 14.9. The maximum Gasteiger partial charge on any atom is 0.235 e. The van der Waals surface area contributed by atoms with Crippen LogP contribution in [-0.4, -0.2) is 29.2 Å². The number of halogens is 2. The number of rotatable bonds is 7. The maximum absolute atomic E-state index is 13.8. The minimum Gasteiger partial charge on any atom is -0.326 e. The van der Waals surface area contributed by atoms with E-state index in [1.54, 1.807) is 0 Å². The quantitative estimate of drug-likeness (QED) is 0.206. The molecule has 3 aromatic rings. The van der Waals surface area contributed by atoms with Gasteiger partial charge in [0, 0.05) is 18.7 Å². The summed E-state index contributed by atoms with van der Waals surface area (Å²) in [7, 11) is 0. The summed E-state index contributed by atoms with van der Waals surface area (Å²) in [6.45, 7) is 4.28. The van der Waals surface area contributed by atoms with E-state index in [1.807, 2.05) is 80.6 Å². The predicted molar refractivity (Wildman–Crippen MR) is 153 cm³/mol. The van der Waals surface area contributed by atoms with Crippen LogP contribution in [0.2, 0.25) is 0 Å². The van der Waals surface area contributed by atoms with Crippen molar-refractivity contribution in [3.8, 4) is 0 Å². The molecule has 3 amide bonds. The Morgan fingerprint density at radius 3 is 1.79 bits per heavy atom. The van der Waals surface area contributed by atoms with E-state index >= 15 is 0 Å². The van der Waals surface area contributed by atoms with Crippen molar-refractivity contribution in [2.75, 3.05) is 11.9 Å². The van der Waals surface area contributed by atoms with Crippen LogP contribution >= 0.6 is 23.2 Å². The van der Waals surface area contributed by atoms with Crippen LogP contribution in [0.4, 0.5) is 5.69 Å². The number of benzene rings is 3. The third kappa shape index (κ3) is 3.77. The van der Waals surface area contributed by atoms with Gasteiger partial charge in [0.15, 0.2) is 0 Å². The van der Waals surface area contributed by atoms with Crippen LogP contribution in [0.1, 0.15) is 59.1 Å². The average molecular weight is 562 g/mol. The average Bonchev–Trinajstić information content (AvgIpc) is 3.19. The number of hydrogen-bond donors (Lipinski definition) is 1. The lowest BCUT2D eigenvalue weighted by Gasteiger charge is -2.54. The highest BCUT2D eigenvalue weighted by Gasteiger charge is 2.72. The first-order valence-corrected chi connectivity index (χ1v) is 14.2. The lowest BCUT2D eigenvalue weighted by atomic mass is 9.54. The summed E-state index contributed by atoms with van der Waals surface area (Å²) < 4.78 is 0. The van der Waals surface area contributed by atoms with Crippen molar-refractivity contribution < 1.29 is 14.4 Å². The number of hydrogen-bond acceptors (Lipinski definition) is 3. The minimum absolute atomic E-state index is 0.0402. The van der Waals surface area contributed by atoms with Gasteiger partial charge in [-0.05, 0) is 60.6 Å². The number of unbranched alkanes of at least 4 members (excludes halogenated alkanes) is 2. The Morgan fingerprint density at radius 2 is 1.31 bits per heavy atom. The van der Waals surface area contributed by atoms with Gasteiger partial charge in [-0.1, -0.05) is 72.6 Å².